The Kier molecular flexibility index (Phi) is 1.34. The van der Waals surface area contributed by atoms with E-state index in [1.165, 1.54) is 6.20 Å². The molecule has 0 spiro atoms. The third kappa shape index (κ3) is 1.16. The Morgan fingerprint density at radius 2 is 2.11 bits per heavy atom. The van der Waals surface area contributed by atoms with Gasteiger partial charge in [-0.25, -0.2) is 0 Å². The first kappa shape index (κ1) is 6.01. The third-order valence-corrected chi connectivity index (χ3v) is 1.18. The minimum Gasteiger partial charge on any atom is -0.504 e. The van der Waals surface area contributed by atoms with Gasteiger partial charge >= 0.3 is 0 Å². The highest BCUT2D eigenvalue weighted by molar-refractivity contribution is 5.20. The third-order valence-electron chi connectivity index (χ3n) is 1.18. The standard InChI is InChI=1S/C6H9NO2/c1-7-3-2-5(8)6(9)4-7/h2,4,8-9H,3H2,1H3. The van der Waals surface area contributed by atoms with Gasteiger partial charge in [-0.15, -0.1) is 0 Å². The summed E-state index contributed by atoms with van der Waals surface area (Å²) in [5.74, 6) is -0.100. The van der Waals surface area contributed by atoms with E-state index in [2.05, 4.69) is 0 Å². The molecule has 1 aliphatic rings. The Labute approximate surface area is 53.5 Å². The Morgan fingerprint density at radius 1 is 1.44 bits per heavy atom. The van der Waals surface area contributed by atoms with Gasteiger partial charge in [-0.2, -0.15) is 0 Å². The first-order valence-corrected chi connectivity index (χ1v) is 2.70. The molecular weight excluding hydrogens is 118 g/mol. The van der Waals surface area contributed by atoms with E-state index in [1.807, 2.05) is 7.05 Å². The van der Waals surface area contributed by atoms with Crippen molar-refractivity contribution in [3.63, 3.8) is 0 Å². The molecule has 0 aromatic rings. The Hall–Kier alpha value is -1.12. The summed E-state index contributed by atoms with van der Waals surface area (Å²) in [6.07, 6.45) is 3.03. The van der Waals surface area contributed by atoms with E-state index >= 15 is 0 Å². The minimum absolute atomic E-state index is 0.0342. The molecule has 3 nitrogen and oxygen atoms in total. The van der Waals surface area contributed by atoms with Crippen molar-refractivity contribution < 1.29 is 10.2 Å². The van der Waals surface area contributed by atoms with Gasteiger partial charge in [0.25, 0.3) is 0 Å². The molecule has 0 aliphatic carbocycles. The van der Waals surface area contributed by atoms with Crippen LogP contribution in [0.4, 0.5) is 0 Å². The molecule has 0 atom stereocenters. The normalized spacial score (nSPS) is 19.0. The maximum atomic E-state index is 8.85. The predicted molar refractivity (Wildman–Crippen MR) is 34.1 cm³/mol. The van der Waals surface area contributed by atoms with E-state index in [0.717, 1.165) is 0 Å². The number of aliphatic hydroxyl groups excluding tert-OH is 2. The van der Waals surface area contributed by atoms with Gasteiger partial charge in [0.2, 0.25) is 0 Å². The van der Waals surface area contributed by atoms with E-state index < -0.39 is 0 Å². The zero-order valence-electron chi connectivity index (χ0n) is 5.20. The van der Waals surface area contributed by atoms with Crippen LogP contribution < -0.4 is 0 Å². The van der Waals surface area contributed by atoms with E-state index in [4.69, 9.17) is 10.2 Å². The highest BCUT2D eigenvalue weighted by Gasteiger charge is 2.06. The largest absolute Gasteiger partial charge is 0.504 e. The number of aliphatic hydroxyl groups is 2. The van der Waals surface area contributed by atoms with Gasteiger partial charge in [-0.05, 0) is 6.08 Å². The fraction of sp³-hybridized carbons (Fsp3) is 0.333. The summed E-state index contributed by atoms with van der Waals surface area (Å²) >= 11 is 0. The van der Waals surface area contributed by atoms with Crippen molar-refractivity contribution in [2.75, 3.05) is 13.6 Å². The Balaban J connectivity index is 2.75. The molecule has 0 radical (unpaired) electrons. The van der Waals surface area contributed by atoms with Crippen LogP contribution in [0.2, 0.25) is 0 Å². The maximum absolute atomic E-state index is 8.85. The lowest BCUT2D eigenvalue weighted by Gasteiger charge is -2.16. The summed E-state index contributed by atoms with van der Waals surface area (Å²) in [5, 5.41) is 17.7. The lowest BCUT2D eigenvalue weighted by atomic mass is 10.3. The van der Waals surface area contributed by atoms with Crippen molar-refractivity contribution in [1.82, 2.24) is 4.90 Å². The first-order chi connectivity index (χ1) is 4.20. The monoisotopic (exact) mass is 127 g/mol. The van der Waals surface area contributed by atoms with Gasteiger partial charge in [0.05, 0.1) is 0 Å². The van der Waals surface area contributed by atoms with Crippen LogP contribution in [-0.2, 0) is 0 Å². The van der Waals surface area contributed by atoms with E-state index in [9.17, 15) is 0 Å². The average molecular weight is 127 g/mol. The average Bonchev–Trinajstić information content (AvgIpc) is 1.80. The zero-order chi connectivity index (χ0) is 6.85. The predicted octanol–water partition coefficient (Wildman–Crippen LogP) is 0.773. The van der Waals surface area contributed by atoms with Crippen molar-refractivity contribution in [3.8, 4) is 0 Å². The lowest BCUT2D eigenvalue weighted by molar-refractivity contribution is 0.298. The van der Waals surface area contributed by atoms with Gasteiger partial charge in [0, 0.05) is 19.8 Å². The molecule has 0 saturated carbocycles. The van der Waals surface area contributed by atoms with Gasteiger partial charge in [0.1, 0.15) is 0 Å². The van der Waals surface area contributed by atoms with Crippen LogP contribution in [0.3, 0.4) is 0 Å². The maximum Gasteiger partial charge on any atom is 0.173 e. The molecule has 2 N–H and O–H groups in total. The molecule has 0 saturated heterocycles. The van der Waals surface area contributed by atoms with Crippen LogP contribution in [0.5, 0.6) is 0 Å². The fourth-order valence-electron chi connectivity index (χ4n) is 0.663. The molecule has 0 aromatic carbocycles. The number of rotatable bonds is 0. The number of hydrogen-bond donors (Lipinski definition) is 2. The summed E-state index contributed by atoms with van der Waals surface area (Å²) in [5.41, 5.74) is 0. The summed E-state index contributed by atoms with van der Waals surface area (Å²) < 4.78 is 0. The smallest absolute Gasteiger partial charge is 0.173 e. The highest BCUT2D eigenvalue weighted by Crippen LogP contribution is 2.08. The van der Waals surface area contributed by atoms with E-state index in [0.29, 0.717) is 6.54 Å². The number of nitrogens with zero attached hydrogens (tertiary/aromatic N) is 1. The molecule has 50 valence electrons. The van der Waals surface area contributed by atoms with Crippen LogP contribution in [0, 0.1) is 0 Å². The SMILES string of the molecule is CN1C=C(O)C(O)=CC1. The molecule has 0 bridgehead atoms. The molecule has 0 aromatic heterocycles. The highest BCUT2D eigenvalue weighted by atomic mass is 16.3. The second-order valence-electron chi connectivity index (χ2n) is 2.04. The van der Waals surface area contributed by atoms with Crippen LogP contribution in [0.15, 0.2) is 23.8 Å². The van der Waals surface area contributed by atoms with Crippen LogP contribution >= 0.6 is 0 Å². The molecule has 1 heterocycles. The quantitative estimate of drug-likeness (QED) is 0.505. The van der Waals surface area contributed by atoms with Crippen molar-refractivity contribution in [3.05, 3.63) is 23.8 Å². The molecule has 1 rings (SSSR count). The number of likely N-dealkylation sites (N-methyl/N-ethyl adjacent to an activating group) is 1. The molecule has 0 fully saturated rings. The molecule has 0 unspecified atom stereocenters. The summed E-state index contributed by atoms with van der Waals surface area (Å²) in [4.78, 5) is 1.77. The van der Waals surface area contributed by atoms with E-state index in [1.54, 1.807) is 11.0 Å². The molecule has 0 amide bonds. The van der Waals surface area contributed by atoms with Crippen LogP contribution in [-0.4, -0.2) is 28.7 Å². The number of hydrogen-bond acceptors (Lipinski definition) is 3. The summed E-state index contributed by atoms with van der Waals surface area (Å²) in [7, 11) is 1.82. The Morgan fingerprint density at radius 3 is 2.56 bits per heavy atom. The zero-order valence-corrected chi connectivity index (χ0v) is 5.20. The molecule has 3 heteroatoms. The van der Waals surface area contributed by atoms with Crippen molar-refractivity contribution in [2.45, 2.75) is 0 Å². The lowest BCUT2D eigenvalue weighted by Crippen LogP contribution is -2.16. The summed E-state index contributed by atoms with van der Waals surface area (Å²) in [6, 6.07) is 0. The van der Waals surface area contributed by atoms with Gasteiger partial charge in [0.15, 0.2) is 11.5 Å². The molecular formula is C6H9NO2. The van der Waals surface area contributed by atoms with Gasteiger partial charge in [-0.1, -0.05) is 0 Å². The van der Waals surface area contributed by atoms with Crippen LogP contribution in [0.25, 0.3) is 0 Å². The first-order valence-electron chi connectivity index (χ1n) is 2.70. The van der Waals surface area contributed by atoms with Crippen LogP contribution in [0.1, 0.15) is 0 Å². The molecule has 1 aliphatic heterocycles. The van der Waals surface area contributed by atoms with Gasteiger partial charge in [-0.3, -0.25) is 0 Å². The fourth-order valence-corrected chi connectivity index (χ4v) is 0.663. The molecule has 9 heavy (non-hydrogen) atoms. The van der Waals surface area contributed by atoms with Gasteiger partial charge < -0.3 is 15.1 Å². The minimum atomic E-state index is -0.0660. The van der Waals surface area contributed by atoms with Crippen molar-refractivity contribution in [1.29, 1.82) is 0 Å². The second kappa shape index (κ2) is 2.01. The van der Waals surface area contributed by atoms with Crippen molar-refractivity contribution >= 4 is 0 Å². The van der Waals surface area contributed by atoms with E-state index in [-0.39, 0.29) is 11.5 Å². The Bertz CT molecular complexity index is 172. The second-order valence-corrected chi connectivity index (χ2v) is 2.04. The topological polar surface area (TPSA) is 43.7 Å². The summed E-state index contributed by atoms with van der Waals surface area (Å²) in [6.45, 7) is 0.649. The van der Waals surface area contributed by atoms with Crippen molar-refractivity contribution in [2.24, 2.45) is 0 Å².